The molecule has 1 nitrogen and oxygen atoms in total. The van der Waals surface area contributed by atoms with E-state index in [1.807, 2.05) is 24.5 Å². The second-order valence-corrected chi connectivity index (χ2v) is 3.55. The first-order chi connectivity index (χ1) is 5.75. The van der Waals surface area contributed by atoms with E-state index >= 15 is 0 Å². The number of pyridine rings is 1. The molecule has 0 radical (unpaired) electrons. The van der Waals surface area contributed by atoms with Crippen molar-refractivity contribution in [2.45, 2.75) is 31.6 Å². The van der Waals surface area contributed by atoms with E-state index in [-0.39, 0.29) is 5.38 Å². The monoisotopic (exact) mass is 183 g/mol. The Morgan fingerprint density at radius 2 is 2.00 bits per heavy atom. The van der Waals surface area contributed by atoms with Gasteiger partial charge in [0.1, 0.15) is 0 Å². The van der Waals surface area contributed by atoms with Gasteiger partial charge < -0.3 is 0 Å². The Balaban J connectivity index is 2.71. The number of nitrogens with zero attached hydrogens (tertiary/aromatic N) is 1. The maximum Gasteiger partial charge on any atom is 0.0399 e. The molecule has 0 aliphatic heterocycles. The van der Waals surface area contributed by atoms with Gasteiger partial charge in [0.25, 0.3) is 0 Å². The van der Waals surface area contributed by atoms with E-state index in [2.05, 4.69) is 18.8 Å². The highest BCUT2D eigenvalue weighted by molar-refractivity contribution is 6.21. The second-order valence-electron chi connectivity index (χ2n) is 2.99. The number of hydrogen-bond acceptors (Lipinski definition) is 1. The van der Waals surface area contributed by atoms with E-state index in [4.69, 9.17) is 11.6 Å². The minimum Gasteiger partial charge on any atom is -0.265 e. The average molecular weight is 184 g/mol. The van der Waals surface area contributed by atoms with Gasteiger partial charge in [-0.05, 0) is 30.0 Å². The standard InChI is InChI=1S/C10H14ClN/c1-3-10(11)8(2)9-4-6-12-7-5-9/h4-8,10H,3H2,1-2H3. The van der Waals surface area contributed by atoms with Gasteiger partial charge in [0.15, 0.2) is 0 Å². The molecule has 0 aliphatic rings. The van der Waals surface area contributed by atoms with Gasteiger partial charge in [-0.25, -0.2) is 0 Å². The molecule has 1 aromatic rings. The van der Waals surface area contributed by atoms with Crippen LogP contribution in [0.5, 0.6) is 0 Å². The molecule has 1 rings (SSSR count). The van der Waals surface area contributed by atoms with Gasteiger partial charge in [-0.3, -0.25) is 4.98 Å². The molecule has 1 aromatic heterocycles. The highest BCUT2D eigenvalue weighted by atomic mass is 35.5. The number of aromatic nitrogens is 1. The fourth-order valence-electron chi connectivity index (χ4n) is 1.23. The maximum atomic E-state index is 6.13. The minimum atomic E-state index is 0.229. The lowest BCUT2D eigenvalue weighted by molar-refractivity contribution is 0.674. The van der Waals surface area contributed by atoms with E-state index in [9.17, 15) is 0 Å². The summed E-state index contributed by atoms with van der Waals surface area (Å²) in [6.07, 6.45) is 4.63. The molecule has 0 amide bonds. The quantitative estimate of drug-likeness (QED) is 0.656. The van der Waals surface area contributed by atoms with Crippen molar-refractivity contribution in [2.75, 3.05) is 0 Å². The van der Waals surface area contributed by atoms with Crippen LogP contribution in [0.1, 0.15) is 31.7 Å². The second kappa shape index (κ2) is 4.46. The molecule has 66 valence electrons. The molecule has 0 saturated carbocycles. The van der Waals surface area contributed by atoms with Crippen LogP contribution in [-0.4, -0.2) is 10.4 Å². The Labute approximate surface area is 78.8 Å². The number of alkyl halides is 1. The summed E-state index contributed by atoms with van der Waals surface area (Å²) in [5, 5.41) is 0.229. The van der Waals surface area contributed by atoms with Crippen LogP contribution in [-0.2, 0) is 0 Å². The van der Waals surface area contributed by atoms with Crippen molar-refractivity contribution in [1.82, 2.24) is 4.98 Å². The van der Waals surface area contributed by atoms with Crippen LogP contribution in [0.15, 0.2) is 24.5 Å². The normalized spacial score (nSPS) is 15.6. The zero-order valence-corrected chi connectivity index (χ0v) is 8.25. The Morgan fingerprint density at radius 1 is 1.42 bits per heavy atom. The van der Waals surface area contributed by atoms with E-state index in [1.165, 1.54) is 5.56 Å². The first-order valence-electron chi connectivity index (χ1n) is 4.29. The first kappa shape index (κ1) is 9.53. The van der Waals surface area contributed by atoms with Crippen molar-refractivity contribution in [3.05, 3.63) is 30.1 Å². The van der Waals surface area contributed by atoms with Crippen LogP contribution < -0.4 is 0 Å². The molecule has 0 spiro atoms. The fourth-order valence-corrected chi connectivity index (χ4v) is 1.37. The van der Waals surface area contributed by atoms with Gasteiger partial charge in [0.05, 0.1) is 0 Å². The molecule has 2 heteroatoms. The lowest BCUT2D eigenvalue weighted by Crippen LogP contribution is -2.07. The Bertz CT molecular complexity index is 223. The molecular formula is C10H14ClN. The SMILES string of the molecule is CCC(Cl)C(C)c1ccncc1. The summed E-state index contributed by atoms with van der Waals surface area (Å²) < 4.78 is 0. The molecule has 0 bridgehead atoms. The summed E-state index contributed by atoms with van der Waals surface area (Å²) in [6, 6.07) is 4.05. The smallest absolute Gasteiger partial charge is 0.0399 e. The summed E-state index contributed by atoms with van der Waals surface area (Å²) in [6.45, 7) is 4.26. The molecule has 0 N–H and O–H groups in total. The average Bonchev–Trinajstić information content (AvgIpc) is 2.17. The van der Waals surface area contributed by atoms with Crippen molar-refractivity contribution in [1.29, 1.82) is 0 Å². The molecule has 2 atom stereocenters. The van der Waals surface area contributed by atoms with Gasteiger partial charge in [0.2, 0.25) is 0 Å². The summed E-state index contributed by atoms with van der Waals surface area (Å²) >= 11 is 6.13. The molecule has 0 aromatic carbocycles. The predicted molar refractivity (Wildman–Crippen MR) is 52.6 cm³/mol. The van der Waals surface area contributed by atoms with E-state index < -0.39 is 0 Å². The van der Waals surface area contributed by atoms with E-state index in [0.29, 0.717) is 5.92 Å². The molecule has 12 heavy (non-hydrogen) atoms. The third-order valence-electron chi connectivity index (χ3n) is 2.16. The van der Waals surface area contributed by atoms with Crippen molar-refractivity contribution < 1.29 is 0 Å². The Kier molecular flexibility index (Phi) is 3.54. The van der Waals surface area contributed by atoms with Crippen LogP contribution in [0.2, 0.25) is 0 Å². The van der Waals surface area contributed by atoms with E-state index in [1.54, 1.807) is 0 Å². The summed E-state index contributed by atoms with van der Waals surface area (Å²) in [7, 11) is 0. The van der Waals surface area contributed by atoms with Crippen LogP contribution in [0.3, 0.4) is 0 Å². The van der Waals surface area contributed by atoms with E-state index in [0.717, 1.165) is 6.42 Å². The highest BCUT2D eigenvalue weighted by Gasteiger charge is 2.13. The Morgan fingerprint density at radius 3 is 2.50 bits per heavy atom. The van der Waals surface area contributed by atoms with Crippen LogP contribution in [0, 0.1) is 0 Å². The van der Waals surface area contributed by atoms with Gasteiger partial charge in [-0.1, -0.05) is 13.8 Å². The maximum absolute atomic E-state index is 6.13. The van der Waals surface area contributed by atoms with Crippen LogP contribution in [0.25, 0.3) is 0 Å². The third kappa shape index (κ3) is 2.21. The fraction of sp³-hybridized carbons (Fsp3) is 0.500. The van der Waals surface area contributed by atoms with Crippen LogP contribution >= 0.6 is 11.6 Å². The first-order valence-corrected chi connectivity index (χ1v) is 4.73. The summed E-state index contributed by atoms with van der Waals surface area (Å²) in [5.74, 6) is 0.416. The summed E-state index contributed by atoms with van der Waals surface area (Å²) in [4.78, 5) is 3.97. The van der Waals surface area contributed by atoms with Gasteiger partial charge in [-0.15, -0.1) is 11.6 Å². The van der Waals surface area contributed by atoms with Crippen molar-refractivity contribution in [3.8, 4) is 0 Å². The van der Waals surface area contributed by atoms with Crippen molar-refractivity contribution >= 4 is 11.6 Å². The predicted octanol–water partition coefficient (Wildman–Crippen LogP) is 3.20. The molecule has 0 fully saturated rings. The topological polar surface area (TPSA) is 12.9 Å². The molecule has 0 saturated heterocycles. The van der Waals surface area contributed by atoms with Crippen molar-refractivity contribution in [2.24, 2.45) is 0 Å². The van der Waals surface area contributed by atoms with Crippen LogP contribution in [0.4, 0.5) is 0 Å². The number of halogens is 1. The zero-order chi connectivity index (χ0) is 8.97. The summed E-state index contributed by atoms with van der Waals surface area (Å²) in [5.41, 5.74) is 1.27. The van der Waals surface area contributed by atoms with Gasteiger partial charge in [-0.2, -0.15) is 0 Å². The number of rotatable bonds is 3. The van der Waals surface area contributed by atoms with Gasteiger partial charge in [0, 0.05) is 17.8 Å². The highest BCUT2D eigenvalue weighted by Crippen LogP contribution is 2.24. The molecular weight excluding hydrogens is 170 g/mol. The van der Waals surface area contributed by atoms with Gasteiger partial charge >= 0.3 is 0 Å². The third-order valence-corrected chi connectivity index (χ3v) is 2.85. The minimum absolute atomic E-state index is 0.229. The largest absolute Gasteiger partial charge is 0.265 e. The lowest BCUT2D eigenvalue weighted by atomic mass is 9.97. The molecule has 2 unspecified atom stereocenters. The zero-order valence-electron chi connectivity index (χ0n) is 7.50. The van der Waals surface area contributed by atoms with Crippen molar-refractivity contribution in [3.63, 3.8) is 0 Å². The lowest BCUT2D eigenvalue weighted by Gasteiger charge is -2.15. The Hall–Kier alpha value is -0.560. The number of hydrogen-bond donors (Lipinski definition) is 0. The molecule has 0 aliphatic carbocycles. The molecule has 1 heterocycles.